The van der Waals surface area contributed by atoms with Gasteiger partial charge in [-0.3, -0.25) is 4.79 Å². The molecule has 0 aliphatic carbocycles. The summed E-state index contributed by atoms with van der Waals surface area (Å²) in [7, 11) is 0. The van der Waals surface area contributed by atoms with E-state index in [9.17, 15) is 19.1 Å². The highest BCUT2D eigenvalue weighted by molar-refractivity contribution is 5.91. The fourth-order valence-corrected chi connectivity index (χ4v) is 3.12. The number of hydrogen-bond acceptors (Lipinski definition) is 4. The van der Waals surface area contributed by atoms with E-state index in [1.807, 2.05) is 17.7 Å². The summed E-state index contributed by atoms with van der Waals surface area (Å²) >= 11 is 0. The van der Waals surface area contributed by atoms with Crippen molar-refractivity contribution in [2.45, 2.75) is 26.4 Å². The molecule has 0 spiro atoms. The van der Waals surface area contributed by atoms with E-state index in [1.165, 1.54) is 18.2 Å². The van der Waals surface area contributed by atoms with Crippen molar-refractivity contribution < 1.29 is 23.8 Å². The van der Waals surface area contributed by atoms with E-state index in [0.717, 1.165) is 11.1 Å². The third-order valence-electron chi connectivity index (χ3n) is 4.76. The van der Waals surface area contributed by atoms with Crippen LogP contribution in [-0.2, 0) is 17.9 Å². The number of aromatic nitrogens is 2. The number of nitrogens with zero attached hydrogens (tertiary/aromatic N) is 3. The summed E-state index contributed by atoms with van der Waals surface area (Å²) in [5.41, 5.74) is 1.62. The number of ether oxygens (including phenoxy) is 1. The van der Waals surface area contributed by atoms with Gasteiger partial charge in [-0.1, -0.05) is 18.2 Å². The van der Waals surface area contributed by atoms with Gasteiger partial charge in [0.05, 0.1) is 6.33 Å². The number of carbonyl (C=O) groups is 2. The van der Waals surface area contributed by atoms with Gasteiger partial charge in [0.25, 0.3) is 5.91 Å². The molecular weight excluding hydrogens is 401 g/mol. The van der Waals surface area contributed by atoms with E-state index in [4.69, 9.17) is 4.74 Å². The lowest BCUT2D eigenvalue weighted by molar-refractivity contribution is -0.134. The fraction of sp³-hybridized carbons (Fsp3) is 0.261. The second kappa shape index (κ2) is 10.4. The molecule has 0 radical (unpaired) electrons. The molecule has 0 saturated heterocycles. The third-order valence-corrected chi connectivity index (χ3v) is 4.76. The first kappa shape index (κ1) is 22.0. The number of benzene rings is 2. The molecule has 2 aromatic carbocycles. The first-order valence-corrected chi connectivity index (χ1v) is 9.87. The number of carboxylic acids is 1. The Morgan fingerprint density at radius 1 is 1.19 bits per heavy atom. The maximum absolute atomic E-state index is 13.2. The van der Waals surface area contributed by atoms with E-state index in [2.05, 4.69) is 4.98 Å². The van der Waals surface area contributed by atoms with Crippen molar-refractivity contribution in [2.75, 3.05) is 13.2 Å². The summed E-state index contributed by atoms with van der Waals surface area (Å²) < 4.78 is 20.7. The number of carbonyl (C=O) groups excluding carboxylic acids is 1. The topological polar surface area (TPSA) is 84.7 Å². The molecule has 1 N–H and O–H groups in total. The first-order valence-electron chi connectivity index (χ1n) is 9.87. The molecule has 0 aliphatic rings. The monoisotopic (exact) mass is 425 g/mol. The van der Waals surface area contributed by atoms with Gasteiger partial charge < -0.3 is 19.3 Å². The number of hydrogen-bond donors (Lipinski definition) is 1. The molecule has 162 valence electrons. The lowest BCUT2D eigenvalue weighted by Crippen LogP contribution is -2.35. The average molecular weight is 425 g/mol. The van der Waals surface area contributed by atoms with Gasteiger partial charge in [-0.05, 0) is 48.7 Å². The molecule has 0 unspecified atom stereocenters. The Hall–Kier alpha value is -3.68. The highest BCUT2D eigenvalue weighted by atomic mass is 19.1. The van der Waals surface area contributed by atoms with E-state index in [-0.39, 0.29) is 29.6 Å². The molecule has 0 aliphatic heterocycles. The van der Waals surface area contributed by atoms with Crippen molar-refractivity contribution in [2.24, 2.45) is 0 Å². The predicted octanol–water partition coefficient (Wildman–Crippen LogP) is 3.53. The summed E-state index contributed by atoms with van der Waals surface area (Å²) in [6.07, 6.45) is 5.94. The van der Waals surface area contributed by atoms with E-state index < -0.39 is 5.97 Å². The third kappa shape index (κ3) is 6.40. The molecule has 0 fully saturated rings. The Kier molecular flexibility index (Phi) is 7.37. The van der Waals surface area contributed by atoms with Crippen LogP contribution in [0.5, 0.6) is 5.75 Å². The highest BCUT2D eigenvalue weighted by Gasteiger charge is 2.17. The molecule has 1 aromatic heterocycles. The summed E-state index contributed by atoms with van der Waals surface area (Å²) in [5, 5.41) is 9.34. The maximum Gasteiger partial charge on any atom is 0.339 e. The minimum atomic E-state index is -1.12. The van der Waals surface area contributed by atoms with Crippen LogP contribution in [0.1, 0.15) is 27.9 Å². The predicted molar refractivity (Wildman–Crippen MR) is 112 cm³/mol. The molecule has 0 saturated carbocycles. The Bertz CT molecular complexity index is 1020. The number of imidazole rings is 1. The highest BCUT2D eigenvalue weighted by Crippen LogP contribution is 2.20. The van der Waals surface area contributed by atoms with Crippen molar-refractivity contribution in [3.63, 3.8) is 0 Å². The zero-order valence-corrected chi connectivity index (χ0v) is 17.2. The number of halogens is 1. The van der Waals surface area contributed by atoms with Crippen LogP contribution in [0.4, 0.5) is 4.39 Å². The summed E-state index contributed by atoms with van der Waals surface area (Å²) in [6, 6.07) is 10.7. The van der Waals surface area contributed by atoms with Crippen LogP contribution >= 0.6 is 0 Å². The zero-order chi connectivity index (χ0) is 22.2. The van der Waals surface area contributed by atoms with Crippen molar-refractivity contribution >= 4 is 11.9 Å². The first-order chi connectivity index (χ1) is 14.9. The standard InChI is InChI=1S/C23H24FN3O4/c1-17-3-8-20(23(29)30)21(13-17)31-15-22(28)27(11-2-10-26-12-9-25-16-26)14-18-4-6-19(24)7-5-18/h3-9,12-13,16H,2,10-11,14-15H2,1H3,(H,29,30). The molecule has 8 heteroatoms. The van der Waals surface area contributed by atoms with Gasteiger partial charge in [0.1, 0.15) is 17.1 Å². The average Bonchev–Trinajstić information content (AvgIpc) is 3.26. The van der Waals surface area contributed by atoms with Crippen molar-refractivity contribution in [1.29, 1.82) is 0 Å². The smallest absolute Gasteiger partial charge is 0.339 e. The number of aryl methyl sites for hydroxylation is 2. The molecule has 7 nitrogen and oxygen atoms in total. The number of carboxylic acid groups (broad SMARTS) is 1. The van der Waals surface area contributed by atoms with Gasteiger partial charge in [0.2, 0.25) is 0 Å². The number of aromatic carboxylic acids is 1. The van der Waals surface area contributed by atoms with E-state index in [0.29, 0.717) is 26.1 Å². The van der Waals surface area contributed by atoms with Gasteiger partial charge in [-0.15, -0.1) is 0 Å². The van der Waals surface area contributed by atoms with Crippen LogP contribution in [0, 0.1) is 12.7 Å². The Morgan fingerprint density at radius 3 is 2.65 bits per heavy atom. The van der Waals surface area contributed by atoms with Gasteiger partial charge in [0, 0.05) is 32.0 Å². The lowest BCUT2D eigenvalue weighted by atomic mass is 10.1. The van der Waals surface area contributed by atoms with E-state index >= 15 is 0 Å². The van der Waals surface area contributed by atoms with Gasteiger partial charge in [0.15, 0.2) is 6.61 Å². The van der Waals surface area contributed by atoms with Crippen LogP contribution in [0.25, 0.3) is 0 Å². The van der Waals surface area contributed by atoms with Gasteiger partial charge in [-0.2, -0.15) is 0 Å². The van der Waals surface area contributed by atoms with Crippen LogP contribution in [-0.4, -0.2) is 44.6 Å². The Balaban J connectivity index is 1.68. The van der Waals surface area contributed by atoms with Crippen molar-refractivity contribution in [1.82, 2.24) is 14.5 Å². The minimum Gasteiger partial charge on any atom is -0.483 e. The summed E-state index contributed by atoms with van der Waals surface area (Å²) in [4.78, 5) is 30.0. The number of amides is 1. The zero-order valence-electron chi connectivity index (χ0n) is 17.2. The molecule has 0 bridgehead atoms. The van der Waals surface area contributed by atoms with Gasteiger partial charge >= 0.3 is 5.97 Å². The van der Waals surface area contributed by atoms with Crippen molar-refractivity contribution in [3.05, 3.63) is 83.7 Å². The lowest BCUT2D eigenvalue weighted by Gasteiger charge is -2.23. The molecule has 31 heavy (non-hydrogen) atoms. The summed E-state index contributed by atoms with van der Waals surface area (Å²) in [6.45, 7) is 2.96. The van der Waals surface area contributed by atoms with Crippen LogP contribution in [0.2, 0.25) is 0 Å². The Labute approximate surface area is 179 Å². The largest absolute Gasteiger partial charge is 0.483 e. The minimum absolute atomic E-state index is 0.00333. The second-order valence-corrected chi connectivity index (χ2v) is 7.19. The number of rotatable bonds is 10. The van der Waals surface area contributed by atoms with Crippen molar-refractivity contribution in [3.8, 4) is 5.75 Å². The normalized spacial score (nSPS) is 10.6. The SMILES string of the molecule is Cc1ccc(C(=O)O)c(OCC(=O)N(CCCn2ccnc2)Cc2ccc(F)cc2)c1. The molecule has 3 rings (SSSR count). The maximum atomic E-state index is 13.2. The fourth-order valence-electron chi connectivity index (χ4n) is 3.12. The van der Waals surface area contributed by atoms with Crippen LogP contribution in [0.15, 0.2) is 61.2 Å². The Morgan fingerprint density at radius 2 is 1.97 bits per heavy atom. The molecule has 1 heterocycles. The molecular formula is C23H24FN3O4. The molecule has 0 atom stereocenters. The van der Waals surface area contributed by atoms with E-state index in [1.54, 1.807) is 41.7 Å². The molecule has 3 aromatic rings. The molecule has 1 amide bonds. The van der Waals surface area contributed by atoms with Crippen LogP contribution in [0.3, 0.4) is 0 Å². The van der Waals surface area contributed by atoms with Gasteiger partial charge in [-0.25, -0.2) is 14.2 Å². The van der Waals surface area contributed by atoms with Crippen LogP contribution < -0.4 is 4.74 Å². The second-order valence-electron chi connectivity index (χ2n) is 7.19. The quantitative estimate of drug-likeness (QED) is 0.537. The summed E-state index contributed by atoms with van der Waals surface area (Å²) in [5.74, 6) is -1.59.